The Bertz CT molecular complexity index is 1090. The topological polar surface area (TPSA) is 90.8 Å². The van der Waals surface area contributed by atoms with Gasteiger partial charge in [-0.15, -0.1) is 0 Å². The molecule has 1 N–H and O–H groups in total. The van der Waals surface area contributed by atoms with Crippen LogP contribution in [0.2, 0.25) is 0 Å². The summed E-state index contributed by atoms with van der Waals surface area (Å²) in [5.41, 5.74) is 2.24. The van der Waals surface area contributed by atoms with Gasteiger partial charge in [-0.2, -0.15) is 0 Å². The maximum absolute atomic E-state index is 13.1. The van der Waals surface area contributed by atoms with Gasteiger partial charge in [-0.05, 0) is 32.1 Å². The lowest BCUT2D eigenvalue weighted by Crippen LogP contribution is -2.44. The molecule has 8 heteroatoms. The zero-order chi connectivity index (χ0) is 21.2. The molecule has 0 spiro atoms. The predicted octanol–water partition coefficient (Wildman–Crippen LogP) is 2.03. The third-order valence-electron chi connectivity index (χ3n) is 6.54. The van der Waals surface area contributed by atoms with Crippen molar-refractivity contribution in [3.05, 3.63) is 33.4 Å². The molecule has 1 unspecified atom stereocenters. The van der Waals surface area contributed by atoms with Crippen molar-refractivity contribution in [2.24, 2.45) is 11.3 Å². The van der Waals surface area contributed by atoms with E-state index in [-0.39, 0.29) is 29.3 Å². The van der Waals surface area contributed by atoms with E-state index >= 15 is 0 Å². The van der Waals surface area contributed by atoms with E-state index in [1.165, 1.54) is 4.52 Å². The SMILES string of the molecule is CC(C)(C)C(=O)N1CCc2c(nc3cc(C4CCCN4C(=O)C4CC4)[nH]n3c2=O)C1. The number of carbonyl (C=O) groups is 2. The Hall–Kier alpha value is -2.64. The molecule has 4 heterocycles. The predicted molar refractivity (Wildman–Crippen MR) is 111 cm³/mol. The first kappa shape index (κ1) is 19.3. The van der Waals surface area contributed by atoms with Crippen molar-refractivity contribution in [3.63, 3.8) is 0 Å². The first-order chi connectivity index (χ1) is 14.2. The summed E-state index contributed by atoms with van der Waals surface area (Å²) in [5, 5.41) is 3.23. The first-order valence-corrected chi connectivity index (χ1v) is 11.0. The van der Waals surface area contributed by atoms with Crippen LogP contribution in [0, 0.1) is 11.3 Å². The standard InChI is InChI=1S/C22H29N5O3/c1-22(2,3)21(30)25-10-8-14-16(12-25)23-18-11-15(24-27(18)20(14)29)17-5-4-9-26(17)19(28)13-6-7-13/h11,13,17,24H,4-10,12H2,1-3H3. The maximum Gasteiger partial charge on any atom is 0.276 e. The van der Waals surface area contributed by atoms with Crippen molar-refractivity contribution in [1.29, 1.82) is 0 Å². The van der Waals surface area contributed by atoms with Gasteiger partial charge in [0, 0.05) is 36.1 Å². The fourth-order valence-electron chi connectivity index (χ4n) is 4.75. The van der Waals surface area contributed by atoms with Crippen LogP contribution in [0.1, 0.15) is 69.4 Å². The molecular formula is C22H29N5O3. The minimum absolute atomic E-state index is 0.0183. The molecule has 1 atom stereocenters. The lowest BCUT2D eigenvalue weighted by Gasteiger charge is -2.32. The van der Waals surface area contributed by atoms with Crippen LogP contribution >= 0.6 is 0 Å². The number of H-pyrrole nitrogens is 1. The van der Waals surface area contributed by atoms with Crippen LogP contribution in [-0.4, -0.2) is 49.3 Å². The summed E-state index contributed by atoms with van der Waals surface area (Å²) >= 11 is 0. The molecule has 3 aliphatic rings. The number of aromatic nitrogens is 3. The summed E-state index contributed by atoms with van der Waals surface area (Å²) < 4.78 is 1.51. The molecule has 2 fully saturated rings. The quantitative estimate of drug-likeness (QED) is 0.819. The largest absolute Gasteiger partial charge is 0.336 e. The summed E-state index contributed by atoms with van der Waals surface area (Å²) in [6, 6.07) is 1.88. The summed E-state index contributed by atoms with van der Waals surface area (Å²) in [5.74, 6) is 0.506. The second kappa shape index (κ2) is 6.68. The number of hydrogen-bond donors (Lipinski definition) is 1. The fourth-order valence-corrected chi connectivity index (χ4v) is 4.75. The highest BCUT2D eigenvalue weighted by molar-refractivity contribution is 5.82. The van der Waals surface area contributed by atoms with Gasteiger partial charge in [0.25, 0.3) is 5.56 Å². The Morgan fingerprint density at radius 2 is 1.93 bits per heavy atom. The number of aromatic amines is 1. The van der Waals surface area contributed by atoms with Crippen molar-refractivity contribution in [2.75, 3.05) is 13.1 Å². The molecule has 2 aliphatic heterocycles. The molecule has 0 bridgehead atoms. The average Bonchev–Trinajstić information content (AvgIpc) is 3.28. The Labute approximate surface area is 175 Å². The molecule has 160 valence electrons. The van der Waals surface area contributed by atoms with Gasteiger partial charge in [-0.3, -0.25) is 19.5 Å². The zero-order valence-corrected chi connectivity index (χ0v) is 17.9. The minimum Gasteiger partial charge on any atom is -0.336 e. The summed E-state index contributed by atoms with van der Waals surface area (Å²) in [6.45, 7) is 7.40. The maximum atomic E-state index is 13.1. The summed E-state index contributed by atoms with van der Waals surface area (Å²) in [6.07, 6.45) is 4.36. The normalized spacial score (nSPS) is 21.9. The van der Waals surface area contributed by atoms with Crippen LogP contribution in [0.5, 0.6) is 0 Å². The molecule has 1 saturated carbocycles. The monoisotopic (exact) mass is 411 g/mol. The summed E-state index contributed by atoms with van der Waals surface area (Å²) in [7, 11) is 0. The van der Waals surface area contributed by atoms with E-state index in [0.717, 1.165) is 37.9 Å². The fraction of sp³-hybridized carbons (Fsp3) is 0.636. The van der Waals surface area contributed by atoms with Crippen LogP contribution in [0.25, 0.3) is 5.65 Å². The van der Waals surface area contributed by atoms with Crippen LogP contribution in [-0.2, 0) is 22.6 Å². The number of nitrogens with zero attached hydrogens (tertiary/aromatic N) is 4. The third kappa shape index (κ3) is 3.13. The number of amides is 2. The minimum atomic E-state index is -0.460. The number of rotatable bonds is 2. The van der Waals surface area contributed by atoms with Gasteiger partial charge in [0.1, 0.15) is 0 Å². The smallest absolute Gasteiger partial charge is 0.276 e. The molecule has 1 saturated heterocycles. The second-order valence-corrected chi connectivity index (χ2v) is 9.94. The Morgan fingerprint density at radius 1 is 1.17 bits per heavy atom. The average molecular weight is 412 g/mol. The van der Waals surface area contributed by atoms with E-state index in [1.807, 2.05) is 31.7 Å². The van der Waals surface area contributed by atoms with Crippen LogP contribution in [0.4, 0.5) is 0 Å². The molecule has 0 aromatic carbocycles. The van der Waals surface area contributed by atoms with Crippen molar-refractivity contribution in [1.82, 2.24) is 24.4 Å². The van der Waals surface area contributed by atoms with E-state index in [0.29, 0.717) is 36.4 Å². The van der Waals surface area contributed by atoms with Gasteiger partial charge in [-0.1, -0.05) is 20.8 Å². The van der Waals surface area contributed by atoms with Gasteiger partial charge in [-0.25, -0.2) is 9.50 Å². The molecule has 2 aromatic heterocycles. The molecule has 30 heavy (non-hydrogen) atoms. The lowest BCUT2D eigenvalue weighted by molar-refractivity contribution is -0.140. The van der Waals surface area contributed by atoms with Crippen molar-refractivity contribution in [2.45, 2.75) is 65.5 Å². The van der Waals surface area contributed by atoms with Crippen molar-refractivity contribution in [3.8, 4) is 0 Å². The molecule has 2 amide bonds. The highest BCUT2D eigenvalue weighted by Crippen LogP contribution is 2.38. The van der Waals surface area contributed by atoms with Crippen LogP contribution in [0.3, 0.4) is 0 Å². The number of carbonyl (C=O) groups excluding carboxylic acids is 2. The van der Waals surface area contributed by atoms with Gasteiger partial charge in [0.2, 0.25) is 11.8 Å². The molecular weight excluding hydrogens is 382 g/mol. The van der Waals surface area contributed by atoms with Crippen molar-refractivity contribution < 1.29 is 9.59 Å². The van der Waals surface area contributed by atoms with Crippen LogP contribution < -0.4 is 5.56 Å². The number of hydrogen-bond acceptors (Lipinski definition) is 4. The second-order valence-electron chi connectivity index (χ2n) is 9.94. The Balaban J connectivity index is 1.48. The zero-order valence-electron chi connectivity index (χ0n) is 17.9. The number of nitrogens with one attached hydrogen (secondary N) is 1. The van der Waals surface area contributed by atoms with E-state index in [9.17, 15) is 14.4 Å². The molecule has 1 aliphatic carbocycles. The Morgan fingerprint density at radius 3 is 2.63 bits per heavy atom. The lowest BCUT2D eigenvalue weighted by atomic mass is 9.93. The summed E-state index contributed by atoms with van der Waals surface area (Å²) in [4.78, 5) is 47.0. The Kier molecular flexibility index (Phi) is 4.31. The van der Waals surface area contributed by atoms with Gasteiger partial charge in [0.15, 0.2) is 5.65 Å². The van der Waals surface area contributed by atoms with Gasteiger partial charge >= 0.3 is 0 Å². The van der Waals surface area contributed by atoms with Gasteiger partial charge in [0.05, 0.1) is 24.0 Å². The third-order valence-corrected chi connectivity index (χ3v) is 6.54. The van der Waals surface area contributed by atoms with E-state index in [4.69, 9.17) is 4.98 Å². The van der Waals surface area contributed by atoms with E-state index in [2.05, 4.69) is 5.10 Å². The number of likely N-dealkylation sites (tertiary alicyclic amines) is 1. The number of fused-ring (bicyclic) bond motifs is 2. The molecule has 0 radical (unpaired) electrons. The highest BCUT2D eigenvalue weighted by Gasteiger charge is 2.39. The van der Waals surface area contributed by atoms with Gasteiger partial charge < -0.3 is 9.80 Å². The van der Waals surface area contributed by atoms with E-state index < -0.39 is 5.41 Å². The van der Waals surface area contributed by atoms with E-state index in [1.54, 1.807) is 4.90 Å². The molecule has 8 nitrogen and oxygen atoms in total. The first-order valence-electron chi connectivity index (χ1n) is 11.0. The van der Waals surface area contributed by atoms with Crippen molar-refractivity contribution >= 4 is 17.5 Å². The van der Waals surface area contributed by atoms with Crippen LogP contribution in [0.15, 0.2) is 10.9 Å². The highest BCUT2D eigenvalue weighted by atomic mass is 16.2. The molecule has 5 rings (SSSR count). The molecule has 2 aromatic rings.